The Morgan fingerprint density at radius 2 is 2.10 bits per heavy atom. The summed E-state index contributed by atoms with van der Waals surface area (Å²) in [6, 6.07) is 2.26. The Hall–Kier alpha value is -1.36. The van der Waals surface area contributed by atoms with Crippen molar-refractivity contribution in [3.8, 4) is 0 Å². The van der Waals surface area contributed by atoms with E-state index in [-0.39, 0.29) is 17.5 Å². The summed E-state index contributed by atoms with van der Waals surface area (Å²) in [6.07, 6.45) is 2.44. The molecule has 2 heterocycles. The Bertz CT molecular complexity index is 539. The Morgan fingerprint density at radius 1 is 1.38 bits per heavy atom. The molecule has 21 heavy (non-hydrogen) atoms. The van der Waals surface area contributed by atoms with Crippen LogP contribution in [-0.4, -0.2) is 46.3 Å². The van der Waals surface area contributed by atoms with E-state index in [0.29, 0.717) is 11.6 Å². The molecule has 0 unspecified atom stereocenters. The highest BCUT2D eigenvalue weighted by Crippen LogP contribution is 2.41. The first-order valence-electron chi connectivity index (χ1n) is 8.00. The van der Waals surface area contributed by atoms with Gasteiger partial charge in [-0.2, -0.15) is 5.10 Å². The topological polar surface area (TPSA) is 50.2 Å². The van der Waals surface area contributed by atoms with Crippen LogP contribution >= 0.6 is 0 Å². The van der Waals surface area contributed by atoms with E-state index >= 15 is 0 Å². The van der Waals surface area contributed by atoms with Crippen molar-refractivity contribution in [2.75, 3.05) is 19.6 Å². The first-order chi connectivity index (χ1) is 9.88. The van der Waals surface area contributed by atoms with Crippen molar-refractivity contribution in [1.29, 1.82) is 0 Å². The van der Waals surface area contributed by atoms with E-state index in [0.717, 1.165) is 19.6 Å². The van der Waals surface area contributed by atoms with Gasteiger partial charge in [-0.3, -0.25) is 9.48 Å². The van der Waals surface area contributed by atoms with Gasteiger partial charge in [0.05, 0.1) is 5.54 Å². The summed E-state index contributed by atoms with van der Waals surface area (Å²) in [5.41, 5.74) is 1.76. The van der Waals surface area contributed by atoms with E-state index < -0.39 is 0 Å². The number of carbonyl (C=O) groups is 1. The number of piperazine rings is 1. The van der Waals surface area contributed by atoms with Crippen LogP contribution in [-0.2, 0) is 5.54 Å². The summed E-state index contributed by atoms with van der Waals surface area (Å²) in [4.78, 5) is 14.7. The number of amides is 1. The zero-order chi connectivity index (χ0) is 15.2. The lowest BCUT2D eigenvalue weighted by molar-refractivity contribution is 0.0648. The van der Waals surface area contributed by atoms with Gasteiger partial charge in [0.1, 0.15) is 0 Å². The third kappa shape index (κ3) is 2.84. The highest BCUT2D eigenvalue weighted by molar-refractivity contribution is 5.92. The molecule has 116 valence electrons. The van der Waals surface area contributed by atoms with Gasteiger partial charge in [-0.05, 0) is 46.6 Å². The molecule has 0 bridgehead atoms. The summed E-state index contributed by atoms with van der Waals surface area (Å²) >= 11 is 0. The average molecular weight is 290 g/mol. The van der Waals surface area contributed by atoms with E-state index in [1.165, 1.54) is 18.5 Å². The number of rotatable bonds is 2. The number of aromatic nitrogens is 2. The van der Waals surface area contributed by atoms with Gasteiger partial charge in [-0.15, -0.1) is 0 Å². The minimum absolute atomic E-state index is 0.0777. The fourth-order valence-electron chi connectivity index (χ4n) is 3.00. The molecule has 1 aromatic rings. The molecule has 1 saturated carbocycles. The molecule has 2 fully saturated rings. The zero-order valence-electron chi connectivity index (χ0n) is 13.5. The summed E-state index contributed by atoms with van der Waals surface area (Å²) in [6.45, 7) is 11.0. The molecule has 1 N–H and O–H groups in total. The van der Waals surface area contributed by atoms with Crippen LogP contribution in [0.15, 0.2) is 6.07 Å². The second kappa shape index (κ2) is 5.13. The molecule has 1 amide bonds. The average Bonchev–Trinajstić information content (AvgIpc) is 3.16. The maximum absolute atomic E-state index is 12.8. The first-order valence-corrected chi connectivity index (χ1v) is 8.00. The third-order valence-electron chi connectivity index (χ3n) is 4.35. The van der Waals surface area contributed by atoms with Crippen LogP contribution in [0.25, 0.3) is 0 Å². The molecular weight excluding hydrogens is 264 g/mol. The summed E-state index contributed by atoms with van der Waals surface area (Å²) in [5, 5.41) is 7.98. The highest BCUT2D eigenvalue weighted by Gasteiger charge is 2.34. The molecule has 1 saturated heterocycles. The smallest absolute Gasteiger partial charge is 0.274 e. The first kappa shape index (κ1) is 14.6. The van der Waals surface area contributed by atoms with Crippen molar-refractivity contribution in [1.82, 2.24) is 20.0 Å². The van der Waals surface area contributed by atoms with Gasteiger partial charge in [0, 0.05) is 37.3 Å². The van der Waals surface area contributed by atoms with Gasteiger partial charge in [0.25, 0.3) is 5.91 Å². The van der Waals surface area contributed by atoms with E-state index in [9.17, 15) is 4.79 Å². The molecule has 0 radical (unpaired) electrons. The summed E-state index contributed by atoms with van der Waals surface area (Å²) < 4.78 is 2.06. The fraction of sp³-hybridized carbons (Fsp3) is 0.750. The minimum Gasteiger partial charge on any atom is -0.332 e. The predicted molar refractivity (Wildman–Crippen MR) is 82.6 cm³/mol. The second-order valence-electron chi connectivity index (χ2n) is 7.36. The summed E-state index contributed by atoms with van der Waals surface area (Å²) in [5.74, 6) is 0.674. The van der Waals surface area contributed by atoms with Gasteiger partial charge < -0.3 is 10.2 Å². The Balaban J connectivity index is 1.90. The van der Waals surface area contributed by atoms with Gasteiger partial charge in [0.2, 0.25) is 0 Å². The standard InChI is InChI=1S/C16H26N4O/c1-11-10-17-7-8-19(11)15(21)13-9-14(12-5-6-12)20(18-13)16(2,3)4/h9,11-12,17H,5-8,10H2,1-4H3/t11-/m1/s1. The van der Waals surface area contributed by atoms with Crippen LogP contribution in [0.5, 0.6) is 0 Å². The van der Waals surface area contributed by atoms with Crippen LogP contribution in [0.1, 0.15) is 62.6 Å². The van der Waals surface area contributed by atoms with Crippen LogP contribution in [0.2, 0.25) is 0 Å². The molecule has 5 nitrogen and oxygen atoms in total. The van der Waals surface area contributed by atoms with Crippen molar-refractivity contribution in [3.05, 3.63) is 17.5 Å². The maximum atomic E-state index is 12.8. The van der Waals surface area contributed by atoms with E-state index in [4.69, 9.17) is 0 Å². The van der Waals surface area contributed by atoms with Crippen molar-refractivity contribution >= 4 is 5.91 Å². The molecule has 0 spiro atoms. The van der Waals surface area contributed by atoms with Gasteiger partial charge in [-0.1, -0.05) is 0 Å². The molecule has 5 heteroatoms. The van der Waals surface area contributed by atoms with Crippen molar-refractivity contribution in [2.45, 2.75) is 58.0 Å². The van der Waals surface area contributed by atoms with E-state index in [1.54, 1.807) is 0 Å². The van der Waals surface area contributed by atoms with Crippen molar-refractivity contribution in [2.24, 2.45) is 0 Å². The van der Waals surface area contributed by atoms with Crippen molar-refractivity contribution in [3.63, 3.8) is 0 Å². The monoisotopic (exact) mass is 290 g/mol. The number of hydrogen-bond donors (Lipinski definition) is 1. The summed E-state index contributed by atoms with van der Waals surface area (Å²) in [7, 11) is 0. The number of carbonyl (C=O) groups excluding carboxylic acids is 1. The number of nitrogens with zero attached hydrogens (tertiary/aromatic N) is 3. The number of hydrogen-bond acceptors (Lipinski definition) is 3. The molecule has 1 atom stereocenters. The molecule has 1 aromatic heterocycles. The molecule has 1 aliphatic carbocycles. The van der Waals surface area contributed by atoms with Crippen LogP contribution < -0.4 is 5.32 Å². The van der Waals surface area contributed by atoms with Crippen LogP contribution in [0.4, 0.5) is 0 Å². The fourth-order valence-corrected chi connectivity index (χ4v) is 3.00. The van der Waals surface area contributed by atoms with Crippen LogP contribution in [0.3, 0.4) is 0 Å². The Morgan fingerprint density at radius 3 is 2.67 bits per heavy atom. The molecule has 2 aliphatic rings. The molecule has 0 aromatic carbocycles. The molecular formula is C16H26N4O. The Kier molecular flexibility index (Phi) is 3.56. The normalized spacial score (nSPS) is 23.4. The lowest BCUT2D eigenvalue weighted by Gasteiger charge is -2.33. The molecule has 1 aliphatic heterocycles. The number of nitrogens with one attached hydrogen (secondary N) is 1. The van der Waals surface area contributed by atoms with Crippen molar-refractivity contribution < 1.29 is 4.79 Å². The van der Waals surface area contributed by atoms with Crippen LogP contribution in [0, 0.1) is 0 Å². The lowest BCUT2D eigenvalue weighted by atomic mass is 10.1. The second-order valence-corrected chi connectivity index (χ2v) is 7.36. The lowest BCUT2D eigenvalue weighted by Crippen LogP contribution is -2.52. The largest absolute Gasteiger partial charge is 0.332 e. The van der Waals surface area contributed by atoms with Gasteiger partial charge in [-0.25, -0.2) is 0 Å². The highest BCUT2D eigenvalue weighted by atomic mass is 16.2. The van der Waals surface area contributed by atoms with Gasteiger partial charge >= 0.3 is 0 Å². The van der Waals surface area contributed by atoms with E-state index in [1.807, 2.05) is 11.0 Å². The van der Waals surface area contributed by atoms with Gasteiger partial charge in [0.15, 0.2) is 5.69 Å². The zero-order valence-corrected chi connectivity index (χ0v) is 13.5. The SMILES string of the molecule is C[C@@H]1CNCCN1C(=O)c1cc(C2CC2)n(C(C)(C)C)n1. The third-order valence-corrected chi connectivity index (χ3v) is 4.35. The quantitative estimate of drug-likeness (QED) is 0.905. The van der Waals surface area contributed by atoms with E-state index in [2.05, 4.69) is 42.8 Å². The maximum Gasteiger partial charge on any atom is 0.274 e. The predicted octanol–water partition coefficient (Wildman–Crippen LogP) is 1.95. The Labute approximate surface area is 126 Å². The minimum atomic E-state index is -0.0779. The molecule has 3 rings (SSSR count).